The van der Waals surface area contributed by atoms with Gasteiger partial charge in [-0.15, -0.1) is 5.10 Å². The van der Waals surface area contributed by atoms with Gasteiger partial charge in [0.25, 0.3) is 10.0 Å². The first-order chi connectivity index (χ1) is 9.87. The van der Waals surface area contributed by atoms with Crippen molar-refractivity contribution in [2.24, 2.45) is 0 Å². The summed E-state index contributed by atoms with van der Waals surface area (Å²) in [6, 6.07) is 2.80. The number of aromatic nitrogens is 3. The minimum absolute atomic E-state index is 0.00643. The van der Waals surface area contributed by atoms with Gasteiger partial charge in [-0.3, -0.25) is 0 Å². The zero-order chi connectivity index (χ0) is 15.6. The van der Waals surface area contributed by atoms with E-state index in [1.807, 2.05) is 0 Å². The van der Waals surface area contributed by atoms with E-state index in [2.05, 4.69) is 35.8 Å². The minimum atomic E-state index is -3.97. The van der Waals surface area contributed by atoms with Gasteiger partial charge in [-0.05, 0) is 28.1 Å². The molecule has 1 heterocycles. The molecule has 0 saturated carbocycles. The molecule has 0 bridgehead atoms. The number of hydrogen-bond donors (Lipinski definition) is 2. The molecule has 21 heavy (non-hydrogen) atoms. The summed E-state index contributed by atoms with van der Waals surface area (Å²) in [5.74, 6) is 0.0309. The lowest BCUT2D eigenvalue weighted by atomic mass is 10.3. The van der Waals surface area contributed by atoms with Gasteiger partial charge in [-0.25, -0.2) is 18.2 Å². The molecule has 0 aliphatic rings. The molecule has 2 rings (SSSR count). The number of methoxy groups -OCH3 is 2. The molecule has 8 nitrogen and oxygen atoms in total. The summed E-state index contributed by atoms with van der Waals surface area (Å²) in [5.41, 5.74) is 0. The van der Waals surface area contributed by atoms with E-state index in [0.717, 1.165) is 0 Å². The second-order valence-electron chi connectivity index (χ2n) is 3.70. The Morgan fingerprint density at radius 1 is 1.33 bits per heavy atom. The average molecular weight is 398 g/mol. The quantitative estimate of drug-likeness (QED) is 0.799. The highest BCUT2D eigenvalue weighted by atomic mass is 79.9. The standard InChI is InChI=1S/C10H10BrClN4O4S/c1-19-8-6(11)3-5(12)4-7(8)21(17,18)16-9-13-10(20-2)15-14-9/h3-4H,1-2H3,(H2,13,14,15,16). The summed E-state index contributed by atoms with van der Waals surface area (Å²) in [6.07, 6.45) is 0. The van der Waals surface area contributed by atoms with E-state index in [1.165, 1.54) is 26.4 Å². The van der Waals surface area contributed by atoms with Crippen molar-refractivity contribution in [2.45, 2.75) is 4.90 Å². The molecule has 1 aromatic carbocycles. The van der Waals surface area contributed by atoms with Crippen molar-refractivity contribution in [1.29, 1.82) is 0 Å². The zero-order valence-electron chi connectivity index (χ0n) is 10.8. The number of anilines is 1. The first kappa shape index (κ1) is 15.9. The highest BCUT2D eigenvalue weighted by Crippen LogP contribution is 2.35. The molecule has 11 heteroatoms. The van der Waals surface area contributed by atoms with Gasteiger partial charge in [0.15, 0.2) is 5.75 Å². The van der Waals surface area contributed by atoms with E-state index in [-0.39, 0.29) is 27.6 Å². The maximum absolute atomic E-state index is 12.4. The third kappa shape index (κ3) is 3.39. The van der Waals surface area contributed by atoms with Crippen LogP contribution >= 0.6 is 27.5 Å². The van der Waals surface area contributed by atoms with Crippen LogP contribution in [0.5, 0.6) is 11.8 Å². The number of H-pyrrole nitrogens is 1. The first-order valence-electron chi connectivity index (χ1n) is 5.39. The summed E-state index contributed by atoms with van der Waals surface area (Å²) in [6.45, 7) is 0. The number of nitrogens with one attached hydrogen (secondary N) is 2. The van der Waals surface area contributed by atoms with Crippen molar-refractivity contribution >= 4 is 43.5 Å². The normalized spacial score (nSPS) is 11.2. The van der Waals surface area contributed by atoms with Crippen molar-refractivity contribution in [1.82, 2.24) is 15.2 Å². The van der Waals surface area contributed by atoms with Crippen LogP contribution in [0.1, 0.15) is 0 Å². The number of hydrogen-bond acceptors (Lipinski definition) is 6. The summed E-state index contributed by atoms with van der Waals surface area (Å²) in [4.78, 5) is 3.64. The van der Waals surface area contributed by atoms with E-state index in [4.69, 9.17) is 21.1 Å². The largest absolute Gasteiger partial charge is 0.494 e. The van der Waals surface area contributed by atoms with Gasteiger partial charge in [0.1, 0.15) is 4.90 Å². The zero-order valence-corrected chi connectivity index (χ0v) is 14.0. The Labute approximate surface area is 134 Å². The summed E-state index contributed by atoms with van der Waals surface area (Å²) < 4.78 is 37.2. The van der Waals surface area contributed by atoms with Crippen molar-refractivity contribution in [2.75, 3.05) is 18.9 Å². The smallest absolute Gasteiger partial charge is 0.336 e. The van der Waals surface area contributed by atoms with E-state index < -0.39 is 10.0 Å². The summed E-state index contributed by atoms with van der Waals surface area (Å²) >= 11 is 9.08. The van der Waals surface area contributed by atoms with Crippen LogP contribution < -0.4 is 14.2 Å². The topological polar surface area (TPSA) is 106 Å². The number of aromatic amines is 1. The fourth-order valence-electron chi connectivity index (χ4n) is 1.50. The molecule has 0 aliphatic carbocycles. The number of nitrogens with zero attached hydrogens (tertiary/aromatic N) is 2. The van der Waals surface area contributed by atoms with Crippen molar-refractivity contribution in [3.63, 3.8) is 0 Å². The van der Waals surface area contributed by atoms with E-state index in [0.29, 0.717) is 4.47 Å². The van der Waals surface area contributed by atoms with E-state index in [9.17, 15) is 8.42 Å². The average Bonchev–Trinajstić information content (AvgIpc) is 2.85. The van der Waals surface area contributed by atoms with E-state index in [1.54, 1.807) is 0 Å². The van der Waals surface area contributed by atoms with Crippen LogP contribution in [0.15, 0.2) is 21.5 Å². The molecule has 2 N–H and O–H groups in total. The molecule has 0 saturated heterocycles. The number of ether oxygens (including phenoxy) is 2. The molecule has 0 atom stereocenters. The van der Waals surface area contributed by atoms with Gasteiger partial charge >= 0.3 is 6.01 Å². The molecule has 2 aromatic rings. The lowest BCUT2D eigenvalue weighted by Crippen LogP contribution is -2.15. The van der Waals surface area contributed by atoms with Crippen LogP contribution in [0, 0.1) is 0 Å². The van der Waals surface area contributed by atoms with Gasteiger partial charge in [0.2, 0.25) is 5.95 Å². The van der Waals surface area contributed by atoms with Gasteiger partial charge in [0, 0.05) is 5.02 Å². The maximum Gasteiger partial charge on any atom is 0.336 e. The lowest BCUT2D eigenvalue weighted by molar-refractivity contribution is 0.382. The highest BCUT2D eigenvalue weighted by Gasteiger charge is 2.24. The van der Waals surface area contributed by atoms with Crippen molar-refractivity contribution < 1.29 is 17.9 Å². The van der Waals surface area contributed by atoms with Crippen LogP contribution in [-0.2, 0) is 10.0 Å². The monoisotopic (exact) mass is 396 g/mol. The van der Waals surface area contributed by atoms with Gasteiger partial charge in [-0.2, -0.15) is 4.98 Å². The van der Waals surface area contributed by atoms with Crippen LogP contribution in [0.2, 0.25) is 5.02 Å². The number of rotatable bonds is 5. The maximum atomic E-state index is 12.4. The SMILES string of the molecule is COc1n[nH]c(NS(=O)(=O)c2cc(Cl)cc(Br)c2OC)n1. The lowest BCUT2D eigenvalue weighted by Gasteiger charge is -2.12. The van der Waals surface area contributed by atoms with Gasteiger partial charge < -0.3 is 9.47 Å². The van der Waals surface area contributed by atoms with Crippen LogP contribution in [0.25, 0.3) is 0 Å². The highest BCUT2D eigenvalue weighted by molar-refractivity contribution is 9.10. The second-order valence-corrected chi connectivity index (χ2v) is 6.64. The molecule has 0 amide bonds. The number of benzene rings is 1. The fourth-order valence-corrected chi connectivity index (χ4v) is 3.84. The van der Waals surface area contributed by atoms with Crippen molar-refractivity contribution in [3.8, 4) is 11.8 Å². The van der Waals surface area contributed by atoms with Crippen LogP contribution in [-0.4, -0.2) is 37.8 Å². The molecule has 0 radical (unpaired) electrons. The summed E-state index contributed by atoms with van der Waals surface area (Å²) in [5, 5.41) is 6.26. The first-order valence-corrected chi connectivity index (χ1v) is 8.05. The molecule has 114 valence electrons. The molecular weight excluding hydrogens is 388 g/mol. The molecule has 1 aromatic heterocycles. The van der Waals surface area contributed by atoms with Crippen molar-refractivity contribution in [3.05, 3.63) is 21.6 Å². The predicted molar refractivity (Wildman–Crippen MR) is 79.4 cm³/mol. The van der Waals surface area contributed by atoms with Gasteiger partial charge in [0.05, 0.1) is 18.7 Å². The van der Waals surface area contributed by atoms with Gasteiger partial charge in [-0.1, -0.05) is 11.6 Å². The van der Waals surface area contributed by atoms with Crippen LogP contribution in [0.3, 0.4) is 0 Å². The Kier molecular flexibility index (Phi) is 4.59. The van der Waals surface area contributed by atoms with Crippen LogP contribution in [0.4, 0.5) is 5.95 Å². The molecule has 0 fully saturated rings. The van der Waals surface area contributed by atoms with E-state index >= 15 is 0 Å². The Morgan fingerprint density at radius 3 is 2.62 bits per heavy atom. The Balaban J connectivity index is 2.44. The number of sulfonamides is 1. The minimum Gasteiger partial charge on any atom is -0.494 e. The molecule has 0 aliphatic heterocycles. The Morgan fingerprint density at radius 2 is 2.05 bits per heavy atom. The predicted octanol–water partition coefficient (Wildman–Crippen LogP) is 2.04. The molecule has 0 unspecified atom stereocenters. The third-order valence-electron chi connectivity index (χ3n) is 2.35. The second kappa shape index (κ2) is 6.08. The Bertz CT molecular complexity index is 764. The molecular formula is C10H10BrClN4O4S. The summed E-state index contributed by atoms with van der Waals surface area (Å²) in [7, 11) is -1.26. The third-order valence-corrected chi connectivity index (χ3v) is 4.50. The fraction of sp³-hybridized carbons (Fsp3) is 0.200. The Hall–Kier alpha value is -1.52. The number of halogens is 2. The molecule has 0 spiro atoms.